The predicted molar refractivity (Wildman–Crippen MR) is 89.0 cm³/mol. The van der Waals surface area contributed by atoms with Crippen molar-refractivity contribution in [1.82, 2.24) is 19.3 Å². The molecule has 4 rings (SSSR count). The Kier molecular flexibility index (Phi) is 3.39. The molecular weight excluding hydrogens is 316 g/mol. The number of halogens is 1. The Labute approximate surface area is 137 Å². The summed E-state index contributed by atoms with van der Waals surface area (Å²) in [6.45, 7) is 0. The second kappa shape index (κ2) is 5.32. The van der Waals surface area contributed by atoms with Crippen LogP contribution in [0.25, 0.3) is 22.1 Å². The first kappa shape index (κ1) is 14.7. The molecule has 1 aliphatic rings. The first-order valence-corrected chi connectivity index (χ1v) is 8.03. The van der Waals surface area contributed by atoms with E-state index in [1.165, 1.54) is 0 Å². The first-order chi connectivity index (χ1) is 11.1. The van der Waals surface area contributed by atoms with Gasteiger partial charge in [0.15, 0.2) is 5.65 Å². The molecule has 0 N–H and O–H groups in total. The van der Waals surface area contributed by atoms with Gasteiger partial charge in [-0.2, -0.15) is 0 Å². The van der Waals surface area contributed by atoms with Crippen molar-refractivity contribution in [2.24, 2.45) is 7.05 Å². The van der Waals surface area contributed by atoms with Crippen molar-refractivity contribution in [3.63, 3.8) is 0 Å². The molecule has 2 atom stereocenters. The number of aromatic nitrogens is 4. The topological polar surface area (TPSA) is 61.9 Å². The summed E-state index contributed by atoms with van der Waals surface area (Å²) < 4.78 is 8.86. The van der Waals surface area contributed by atoms with E-state index in [1.807, 2.05) is 16.7 Å². The minimum Gasteiger partial charge on any atom is -0.381 e. The molecule has 1 saturated carbocycles. The highest BCUT2D eigenvalue weighted by molar-refractivity contribution is 6.31. The van der Waals surface area contributed by atoms with Gasteiger partial charge in [0.2, 0.25) is 0 Å². The number of nitrogens with zero attached hydrogens (tertiary/aromatic N) is 4. The number of ether oxygens (including phenoxy) is 1. The van der Waals surface area contributed by atoms with Gasteiger partial charge in [-0.05, 0) is 37.5 Å². The molecule has 0 aliphatic heterocycles. The van der Waals surface area contributed by atoms with Crippen LogP contribution in [0.2, 0.25) is 5.02 Å². The molecule has 2 heterocycles. The zero-order valence-corrected chi connectivity index (χ0v) is 13.7. The zero-order chi connectivity index (χ0) is 16.1. The number of rotatable bonds is 2. The van der Waals surface area contributed by atoms with Crippen LogP contribution in [-0.2, 0) is 11.8 Å². The number of aryl methyl sites for hydroxylation is 1. The van der Waals surface area contributed by atoms with E-state index in [0.29, 0.717) is 10.7 Å². The maximum Gasteiger partial charge on any atom is 0.330 e. The lowest BCUT2D eigenvalue weighted by Crippen LogP contribution is -2.25. The Morgan fingerprint density at radius 3 is 2.87 bits per heavy atom. The maximum atomic E-state index is 12.8. The molecule has 23 heavy (non-hydrogen) atoms. The fourth-order valence-corrected chi connectivity index (χ4v) is 3.74. The Bertz CT molecular complexity index is 962. The van der Waals surface area contributed by atoms with Gasteiger partial charge >= 0.3 is 5.69 Å². The summed E-state index contributed by atoms with van der Waals surface area (Å²) >= 11 is 6.16. The summed E-state index contributed by atoms with van der Waals surface area (Å²) in [5, 5.41) is 9.95. The molecule has 0 spiro atoms. The third kappa shape index (κ3) is 2.16. The van der Waals surface area contributed by atoms with E-state index in [0.717, 1.165) is 35.7 Å². The number of benzene rings is 1. The number of hydrogen-bond acceptors (Lipinski definition) is 4. The summed E-state index contributed by atoms with van der Waals surface area (Å²) in [5.41, 5.74) is 2.07. The van der Waals surface area contributed by atoms with Crippen LogP contribution in [0.5, 0.6) is 0 Å². The summed E-state index contributed by atoms with van der Waals surface area (Å²) in [6, 6.07) is 5.58. The normalized spacial score (nSPS) is 21.5. The summed E-state index contributed by atoms with van der Waals surface area (Å²) in [4.78, 5) is 12.8. The lowest BCUT2D eigenvalue weighted by molar-refractivity contribution is 0.106. The number of methoxy groups -OCH3 is 1. The SMILES string of the molecule is CO[C@@H]1CC[C@@H](n2c(=O)n(C)c3nnc4ccc(Cl)cc4c32)C1. The van der Waals surface area contributed by atoms with E-state index >= 15 is 0 Å². The van der Waals surface area contributed by atoms with Crippen LogP contribution in [0.1, 0.15) is 25.3 Å². The van der Waals surface area contributed by atoms with Gasteiger partial charge in [0.1, 0.15) is 5.52 Å². The predicted octanol–water partition coefficient (Wildman–Crippen LogP) is 2.68. The molecule has 1 aromatic carbocycles. The lowest BCUT2D eigenvalue weighted by atomic mass is 10.2. The standard InChI is InChI=1S/C16H17ClN4O2/c1-20-15-14(12-7-9(17)3-6-13(12)18-19-15)21(16(20)22)10-4-5-11(8-10)23-2/h3,6-7,10-11H,4-5,8H2,1-2H3/t10-,11-/m1/s1. The second-order valence-electron chi connectivity index (χ2n) is 6.07. The lowest BCUT2D eigenvalue weighted by Gasteiger charge is -2.13. The Hall–Kier alpha value is -1.92. The van der Waals surface area contributed by atoms with Gasteiger partial charge in [0, 0.05) is 30.6 Å². The summed E-state index contributed by atoms with van der Waals surface area (Å²) in [5.74, 6) is 0. The van der Waals surface area contributed by atoms with Crippen LogP contribution in [0.15, 0.2) is 23.0 Å². The van der Waals surface area contributed by atoms with E-state index in [-0.39, 0.29) is 17.8 Å². The second-order valence-corrected chi connectivity index (χ2v) is 6.51. The largest absolute Gasteiger partial charge is 0.381 e. The van der Waals surface area contributed by atoms with Crippen LogP contribution in [0, 0.1) is 0 Å². The van der Waals surface area contributed by atoms with Gasteiger partial charge in [-0.25, -0.2) is 4.79 Å². The average Bonchev–Trinajstić information content (AvgIpc) is 3.11. The molecule has 0 saturated heterocycles. The van der Waals surface area contributed by atoms with Crippen molar-refractivity contribution in [3.8, 4) is 0 Å². The third-order valence-corrected chi connectivity index (χ3v) is 5.02. The molecule has 0 bridgehead atoms. The molecule has 0 amide bonds. The Morgan fingerprint density at radius 1 is 1.30 bits per heavy atom. The number of fused-ring (bicyclic) bond motifs is 3. The molecular formula is C16H17ClN4O2. The molecule has 3 aromatic rings. The van der Waals surface area contributed by atoms with Crippen molar-refractivity contribution in [2.75, 3.05) is 7.11 Å². The molecule has 2 aromatic heterocycles. The molecule has 0 unspecified atom stereocenters. The van der Waals surface area contributed by atoms with Crippen molar-refractivity contribution >= 4 is 33.7 Å². The average molecular weight is 333 g/mol. The fourth-order valence-electron chi connectivity index (χ4n) is 3.57. The molecule has 7 heteroatoms. The van der Waals surface area contributed by atoms with E-state index in [9.17, 15) is 4.79 Å². The Morgan fingerprint density at radius 2 is 2.13 bits per heavy atom. The van der Waals surface area contributed by atoms with Gasteiger partial charge in [0.25, 0.3) is 0 Å². The van der Waals surface area contributed by atoms with Gasteiger partial charge in [-0.1, -0.05) is 11.6 Å². The third-order valence-electron chi connectivity index (χ3n) is 4.78. The zero-order valence-electron chi connectivity index (χ0n) is 13.0. The first-order valence-electron chi connectivity index (χ1n) is 7.66. The van der Waals surface area contributed by atoms with Crippen LogP contribution < -0.4 is 5.69 Å². The van der Waals surface area contributed by atoms with Crippen molar-refractivity contribution in [2.45, 2.75) is 31.4 Å². The summed E-state index contributed by atoms with van der Waals surface area (Å²) in [6.07, 6.45) is 2.91. The van der Waals surface area contributed by atoms with Crippen LogP contribution in [0.4, 0.5) is 0 Å². The fraction of sp³-hybridized carbons (Fsp3) is 0.438. The summed E-state index contributed by atoms with van der Waals surface area (Å²) in [7, 11) is 3.45. The number of imidazole rings is 1. The van der Waals surface area contributed by atoms with Crippen LogP contribution in [-0.4, -0.2) is 32.5 Å². The molecule has 6 nitrogen and oxygen atoms in total. The van der Waals surface area contributed by atoms with Gasteiger partial charge in [-0.15, -0.1) is 10.2 Å². The molecule has 0 radical (unpaired) electrons. The number of hydrogen-bond donors (Lipinski definition) is 0. The van der Waals surface area contributed by atoms with Crippen molar-refractivity contribution in [3.05, 3.63) is 33.7 Å². The minimum absolute atomic E-state index is 0.0662. The molecule has 120 valence electrons. The molecule has 1 fully saturated rings. The van der Waals surface area contributed by atoms with Crippen LogP contribution in [0.3, 0.4) is 0 Å². The van der Waals surface area contributed by atoms with Crippen molar-refractivity contribution in [1.29, 1.82) is 0 Å². The van der Waals surface area contributed by atoms with Gasteiger partial charge in [0.05, 0.1) is 11.6 Å². The highest BCUT2D eigenvalue weighted by Crippen LogP contribution is 2.34. The van der Waals surface area contributed by atoms with Crippen LogP contribution >= 0.6 is 11.6 Å². The quantitative estimate of drug-likeness (QED) is 0.724. The van der Waals surface area contributed by atoms with E-state index in [2.05, 4.69) is 10.2 Å². The smallest absolute Gasteiger partial charge is 0.330 e. The van der Waals surface area contributed by atoms with Crippen molar-refractivity contribution < 1.29 is 4.74 Å². The van der Waals surface area contributed by atoms with Gasteiger partial charge in [-0.3, -0.25) is 9.13 Å². The highest BCUT2D eigenvalue weighted by Gasteiger charge is 2.30. The monoisotopic (exact) mass is 332 g/mol. The molecule has 1 aliphatic carbocycles. The Balaban J connectivity index is 2.04. The maximum absolute atomic E-state index is 12.8. The van der Waals surface area contributed by atoms with E-state index in [1.54, 1.807) is 24.8 Å². The highest BCUT2D eigenvalue weighted by atomic mass is 35.5. The minimum atomic E-state index is -0.0662. The van der Waals surface area contributed by atoms with E-state index < -0.39 is 0 Å². The van der Waals surface area contributed by atoms with Gasteiger partial charge < -0.3 is 4.74 Å². The van der Waals surface area contributed by atoms with E-state index in [4.69, 9.17) is 16.3 Å².